The van der Waals surface area contributed by atoms with Crippen LogP contribution in [0.25, 0.3) is 11.0 Å². The Bertz CT molecular complexity index is 1010. The number of nitrogens with zero attached hydrogens (tertiary/aromatic N) is 3. The van der Waals surface area contributed by atoms with Crippen molar-refractivity contribution in [3.05, 3.63) is 45.8 Å². The highest BCUT2D eigenvalue weighted by molar-refractivity contribution is 7.99. The molecule has 2 aromatic heterocycles. The van der Waals surface area contributed by atoms with Crippen LogP contribution in [0.1, 0.15) is 43.5 Å². The van der Waals surface area contributed by atoms with E-state index in [0.717, 1.165) is 64.0 Å². The summed E-state index contributed by atoms with van der Waals surface area (Å²) in [4.78, 5) is 10.3. The average Bonchev–Trinajstić information content (AvgIpc) is 3.42. The Balaban J connectivity index is 1.36. The van der Waals surface area contributed by atoms with Crippen molar-refractivity contribution in [1.82, 2.24) is 14.5 Å². The van der Waals surface area contributed by atoms with E-state index in [2.05, 4.69) is 16.5 Å². The van der Waals surface area contributed by atoms with Crippen LogP contribution in [0.3, 0.4) is 0 Å². The molecule has 1 saturated carbocycles. The summed E-state index contributed by atoms with van der Waals surface area (Å²) in [6.07, 6.45) is 9.00. The van der Waals surface area contributed by atoms with Gasteiger partial charge in [0.15, 0.2) is 5.82 Å². The number of pyridine rings is 1. The molecular formula is C22H26Cl2N4S. The van der Waals surface area contributed by atoms with Crippen molar-refractivity contribution in [2.24, 2.45) is 5.92 Å². The topological polar surface area (TPSA) is 56.7 Å². The maximum atomic E-state index is 6.25. The van der Waals surface area contributed by atoms with E-state index < -0.39 is 0 Å². The molecule has 0 unspecified atom stereocenters. The highest BCUT2D eigenvalue weighted by Crippen LogP contribution is 2.34. The lowest BCUT2D eigenvalue weighted by Crippen LogP contribution is -2.06. The van der Waals surface area contributed by atoms with Crippen molar-refractivity contribution in [1.29, 1.82) is 0 Å². The lowest BCUT2D eigenvalue weighted by Gasteiger charge is -2.11. The van der Waals surface area contributed by atoms with Gasteiger partial charge in [0.25, 0.3) is 0 Å². The van der Waals surface area contributed by atoms with E-state index in [1.807, 2.05) is 18.3 Å². The van der Waals surface area contributed by atoms with Crippen molar-refractivity contribution in [3.8, 4) is 0 Å². The van der Waals surface area contributed by atoms with Gasteiger partial charge in [-0.1, -0.05) is 29.6 Å². The zero-order chi connectivity index (χ0) is 20.4. The highest BCUT2D eigenvalue weighted by atomic mass is 35.5. The summed E-state index contributed by atoms with van der Waals surface area (Å²) in [5, 5.41) is 1.42. The van der Waals surface area contributed by atoms with Gasteiger partial charge in [0.05, 0.1) is 10.5 Å². The number of benzene rings is 1. The molecule has 4 rings (SSSR count). The number of aryl methyl sites for hydroxylation is 2. The summed E-state index contributed by atoms with van der Waals surface area (Å²) in [6.45, 7) is 3.08. The summed E-state index contributed by atoms with van der Waals surface area (Å²) in [5.74, 6) is 3.56. The van der Waals surface area contributed by atoms with Crippen LogP contribution >= 0.6 is 35.0 Å². The zero-order valence-corrected chi connectivity index (χ0v) is 19.0. The molecule has 7 heteroatoms. The molecule has 0 atom stereocenters. The van der Waals surface area contributed by atoms with Crippen LogP contribution in [0.4, 0.5) is 5.82 Å². The SMILES string of the molecule is Cc1cnc(N)c2nc(CC3CC3)n(CCCCCSc3ccc(Cl)cc3Cl)c12. The Morgan fingerprint density at radius 3 is 2.79 bits per heavy atom. The molecule has 3 aromatic rings. The Kier molecular flexibility index (Phi) is 6.57. The molecule has 4 nitrogen and oxygen atoms in total. The van der Waals surface area contributed by atoms with Gasteiger partial charge in [-0.2, -0.15) is 0 Å². The number of aromatic nitrogens is 3. The quantitative estimate of drug-likeness (QED) is 0.298. The first-order chi connectivity index (χ1) is 14.0. The molecule has 0 aliphatic heterocycles. The van der Waals surface area contributed by atoms with Crippen molar-refractivity contribution in [3.63, 3.8) is 0 Å². The third kappa shape index (κ3) is 5.01. The Morgan fingerprint density at radius 2 is 2.03 bits per heavy atom. The number of nitrogen functional groups attached to an aromatic ring is 1. The number of hydrogen-bond acceptors (Lipinski definition) is 4. The first kappa shape index (κ1) is 20.8. The van der Waals surface area contributed by atoms with Gasteiger partial charge in [-0.25, -0.2) is 9.97 Å². The number of imidazole rings is 1. The number of halogens is 2. The second-order valence-electron chi connectivity index (χ2n) is 7.83. The lowest BCUT2D eigenvalue weighted by molar-refractivity contribution is 0.582. The fraction of sp³-hybridized carbons (Fsp3) is 0.455. The Hall–Kier alpha value is -1.43. The van der Waals surface area contributed by atoms with Gasteiger partial charge in [0, 0.05) is 29.1 Å². The summed E-state index contributed by atoms with van der Waals surface area (Å²) in [5.41, 5.74) is 9.30. The van der Waals surface area contributed by atoms with Crippen LogP contribution in [-0.2, 0) is 13.0 Å². The first-order valence-electron chi connectivity index (χ1n) is 10.2. The third-order valence-electron chi connectivity index (χ3n) is 5.41. The van der Waals surface area contributed by atoms with Gasteiger partial charge in [0.1, 0.15) is 11.3 Å². The van der Waals surface area contributed by atoms with Gasteiger partial charge >= 0.3 is 0 Å². The van der Waals surface area contributed by atoms with Crippen molar-refractivity contribution < 1.29 is 0 Å². The Morgan fingerprint density at radius 1 is 1.21 bits per heavy atom. The van der Waals surface area contributed by atoms with Gasteiger partial charge in [-0.05, 0) is 68.0 Å². The third-order valence-corrected chi connectivity index (χ3v) is 7.23. The summed E-state index contributed by atoms with van der Waals surface area (Å²) in [7, 11) is 0. The number of anilines is 1. The first-order valence-corrected chi connectivity index (χ1v) is 11.9. The van der Waals surface area contributed by atoms with Crippen LogP contribution in [0.2, 0.25) is 10.0 Å². The summed E-state index contributed by atoms with van der Waals surface area (Å²) < 4.78 is 2.39. The lowest BCUT2D eigenvalue weighted by atomic mass is 10.2. The standard InChI is InChI=1S/C22H26Cl2N4S/c1-14-13-26-22(25)20-21(14)28(19(27-20)11-15-5-6-15)9-3-2-4-10-29-18-8-7-16(23)12-17(18)24/h7-8,12-13,15H,2-6,9-11H2,1H3,(H2,25,26). The van der Waals surface area contributed by atoms with Gasteiger partial charge in [-0.15, -0.1) is 11.8 Å². The largest absolute Gasteiger partial charge is 0.382 e. The molecule has 1 fully saturated rings. The molecule has 2 N–H and O–H groups in total. The molecule has 2 heterocycles. The molecular weight excluding hydrogens is 423 g/mol. The van der Waals surface area contributed by atoms with E-state index in [4.69, 9.17) is 33.9 Å². The van der Waals surface area contributed by atoms with Crippen molar-refractivity contribution in [2.45, 2.75) is 56.9 Å². The van der Waals surface area contributed by atoms with Crippen molar-refractivity contribution in [2.75, 3.05) is 11.5 Å². The summed E-state index contributed by atoms with van der Waals surface area (Å²) in [6, 6.07) is 5.70. The molecule has 154 valence electrons. The van der Waals surface area contributed by atoms with Crippen LogP contribution < -0.4 is 5.73 Å². The summed E-state index contributed by atoms with van der Waals surface area (Å²) >= 11 is 14.0. The van der Waals surface area contributed by atoms with Crippen LogP contribution in [0.15, 0.2) is 29.3 Å². The van der Waals surface area contributed by atoms with E-state index in [9.17, 15) is 0 Å². The van der Waals surface area contributed by atoms with E-state index in [-0.39, 0.29) is 0 Å². The molecule has 0 bridgehead atoms. The fourth-order valence-electron chi connectivity index (χ4n) is 3.67. The maximum Gasteiger partial charge on any atom is 0.151 e. The normalized spacial score (nSPS) is 14.0. The van der Waals surface area contributed by atoms with Crippen molar-refractivity contribution >= 4 is 51.8 Å². The zero-order valence-electron chi connectivity index (χ0n) is 16.6. The minimum absolute atomic E-state index is 0.539. The molecule has 0 saturated heterocycles. The molecule has 1 aromatic carbocycles. The Labute approximate surface area is 186 Å². The van der Waals surface area contributed by atoms with E-state index in [1.54, 1.807) is 17.8 Å². The van der Waals surface area contributed by atoms with E-state index in [1.165, 1.54) is 25.1 Å². The highest BCUT2D eigenvalue weighted by Gasteiger charge is 2.25. The predicted molar refractivity (Wildman–Crippen MR) is 124 cm³/mol. The number of unbranched alkanes of at least 4 members (excludes halogenated alkanes) is 2. The van der Waals surface area contributed by atoms with E-state index in [0.29, 0.717) is 10.8 Å². The molecule has 29 heavy (non-hydrogen) atoms. The maximum absolute atomic E-state index is 6.25. The minimum Gasteiger partial charge on any atom is -0.382 e. The van der Waals surface area contributed by atoms with Gasteiger partial charge in [-0.3, -0.25) is 0 Å². The van der Waals surface area contributed by atoms with Crippen LogP contribution in [0.5, 0.6) is 0 Å². The predicted octanol–water partition coefficient (Wildman–Crippen LogP) is 6.54. The molecule has 1 aliphatic rings. The molecule has 0 amide bonds. The van der Waals surface area contributed by atoms with Crippen LogP contribution in [-0.4, -0.2) is 20.3 Å². The second-order valence-corrected chi connectivity index (χ2v) is 9.82. The second kappa shape index (κ2) is 9.15. The number of thioether (sulfide) groups is 1. The number of nitrogens with two attached hydrogens (primary N) is 1. The van der Waals surface area contributed by atoms with Gasteiger partial charge in [0.2, 0.25) is 0 Å². The molecule has 0 spiro atoms. The smallest absolute Gasteiger partial charge is 0.151 e. The number of hydrogen-bond donors (Lipinski definition) is 1. The number of rotatable bonds is 9. The molecule has 1 aliphatic carbocycles. The average molecular weight is 449 g/mol. The molecule has 0 radical (unpaired) electrons. The fourth-order valence-corrected chi connectivity index (χ4v) is 5.17. The minimum atomic E-state index is 0.539. The van der Waals surface area contributed by atoms with Gasteiger partial charge < -0.3 is 10.3 Å². The monoisotopic (exact) mass is 448 g/mol. The van der Waals surface area contributed by atoms with Crippen LogP contribution in [0, 0.1) is 12.8 Å². The number of fused-ring (bicyclic) bond motifs is 1. The van der Waals surface area contributed by atoms with E-state index >= 15 is 0 Å².